The average Bonchev–Trinajstić information content (AvgIpc) is 2.76. The first-order valence-electron chi connectivity index (χ1n) is 6.76. The van der Waals surface area contributed by atoms with Crippen LogP contribution < -0.4 is 11.1 Å². The van der Waals surface area contributed by atoms with Gasteiger partial charge in [0.25, 0.3) is 0 Å². The van der Waals surface area contributed by atoms with E-state index < -0.39 is 5.54 Å². The average molecular weight is 241 g/mol. The minimum atomic E-state index is -0.554. The molecule has 3 N–H and O–H groups in total. The Kier molecular flexibility index (Phi) is 5.40. The van der Waals surface area contributed by atoms with Crippen LogP contribution in [0.5, 0.6) is 0 Å². The summed E-state index contributed by atoms with van der Waals surface area (Å²) in [6.45, 7) is 6.44. The molecule has 1 amide bonds. The number of hydrogen-bond acceptors (Lipinski definition) is 3. The second kappa shape index (κ2) is 6.36. The Morgan fingerprint density at radius 1 is 1.59 bits per heavy atom. The van der Waals surface area contributed by atoms with Gasteiger partial charge in [0.2, 0.25) is 5.91 Å². The summed E-state index contributed by atoms with van der Waals surface area (Å²) in [5.41, 5.74) is 4.86. The number of nitrogens with one attached hydrogen (secondary N) is 1. The number of nitrogens with two attached hydrogens (primary N) is 1. The summed E-state index contributed by atoms with van der Waals surface area (Å²) in [5.74, 6) is -0.256. The molecule has 0 aromatic rings. The molecule has 0 bridgehead atoms. The summed E-state index contributed by atoms with van der Waals surface area (Å²) in [6, 6.07) is 0.754. The topological polar surface area (TPSA) is 58.4 Å². The van der Waals surface area contributed by atoms with Crippen molar-refractivity contribution in [3.8, 4) is 0 Å². The molecular weight excluding hydrogens is 214 g/mol. The van der Waals surface area contributed by atoms with Crippen LogP contribution in [0.3, 0.4) is 0 Å². The maximum Gasteiger partial charge on any atom is 0.237 e. The van der Waals surface area contributed by atoms with Crippen molar-refractivity contribution < 1.29 is 4.79 Å². The fourth-order valence-corrected chi connectivity index (χ4v) is 2.66. The van der Waals surface area contributed by atoms with Crippen LogP contribution >= 0.6 is 0 Å². The van der Waals surface area contributed by atoms with Gasteiger partial charge in [-0.1, -0.05) is 6.92 Å². The van der Waals surface area contributed by atoms with Crippen molar-refractivity contribution in [3.63, 3.8) is 0 Å². The van der Waals surface area contributed by atoms with Crippen molar-refractivity contribution >= 4 is 5.91 Å². The van der Waals surface area contributed by atoms with E-state index in [1.807, 2.05) is 6.92 Å². The zero-order chi connectivity index (χ0) is 12.9. The molecule has 2 atom stereocenters. The van der Waals surface area contributed by atoms with Gasteiger partial charge in [-0.2, -0.15) is 0 Å². The SMILES string of the molecule is CCC1CCCN1CCCC(C)(NC)C(N)=O. The first-order chi connectivity index (χ1) is 8.03. The largest absolute Gasteiger partial charge is 0.368 e. The van der Waals surface area contributed by atoms with Gasteiger partial charge in [0.15, 0.2) is 0 Å². The van der Waals surface area contributed by atoms with Crippen LogP contribution in [-0.4, -0.2) is 42.5 Å². The van der Waals surface area contributed by atoms with Crippen molar-refractivity contribution in [2.24, 2.45) is 5.73 Å². The van der Waals surface area contributed by atoms with E-state index >= 15 is 0 Å². The van der Waals surface area contributed by atoms with Gasteiger partial charge in [0.1, 0.15) is 0 Å². The van der Waals surface area contributed by atoms with Gasteiger partial charge in [-0.15, -0.1) is 0 Å². The smallest absolute Gasteiger partial charge is 0.237 e. The van der Waals surface area contributed by atoms with Crippen molar-refractivity contribution in [2.75, 3.05) is 20.1 Å². The first-order valence-corrected chi connectivity index (χ1v) is 6.76. The highest BCUT2D eigenvalue weighted by Crippen LogP contribution is 2.21. The molecular formula is C13H27N3O. The number of carbonyl (C=O) groups is 1. The van der Waals surface area contributed by atoms with E-state index in [2.05, 4.69) is 17.1 Å². The third-order valence-corrected chi connectivity index (χ3v) is 4.19. The van der Waals surface area contributed by atoms with E-state index in [-0.39, 0.29) is 5.91 Å². The lowest BCUT2D eigenvalue weighted by atomic mass is 9.95. The number of likely N-dealkylation sites (tertiary alicyclic amines) is 1. The molecule has 1 aliphatic rings. The van der Waals surface area contributed by atoms with Gasteiger partial charge in [0.05, 0.1) is 5.54 Å². The minimum absolute atomic E-state index is 0.256. The molecule has 0 aliphatic carbocycles. The quantitative estimate of drug-likeness (QED) is 0.702. The number of primary amides is 1. The fourth-order valence-electron chi connectivity index (χ4n) is 2.66. The molecule has 1 rings (SSSR count). The van der Waals surface area contributed by atoms with E-state index in [4.69, 9.17) is 5.73 Å². The van der Waals surface area contributed by atoms with Crippen LogP contribution in [0.4, 0.5) is 0 Å². The molecule has 0 radical (unpaired) electrons. The minimum Gasteiger partial charge on any atom is -0.368 e. The monoisotopic (exact) mass is 241 g/mol. The zero-order valence-corrected chi connectivity index (χ0v) is 11.5. The highest BCUT2D eigenvalue weighted by molar-refractivity contribution is 5.84. The molecule has 0 aromatic carbocycles. The van der Waals surface area contributed by atoms with Crippen LogP contribution in [0.2, 0.25) is 0 Å². The first kappa shape index (κ1) is 14.5. The molecule has 0 spiro atoms. The molecule has 1 aliphatic heterocycles. The Morgan fingerprint density at radius 2 is 2.29 bits per heavy atom. The summed E-state index contributed by atoms with van der Waals surface area (Å²) >= 11 is 0. The highest BCUT2D eigenvalue weighted by atomic mass is 16.1. The van der Waals surface area contributed by atoms with Gasteiger partial charge >= 0.3 is 0 Å². The molecule has 4 heteroatoms. The molecule has 0 saturated carbocycles. The number of likely N-dealkylation sites (N-methyl/N-ethyl adjacent to an activating group) is 1. The molecule has 17 heavy (non-hydrogen) atoms. The molecule has 0 aromatic heterocycles. The molecule has 1 saturated heterocycles. The molecule has 100 valence electrons. The normalized spacial score (nSPS) is 24.8. The van der Waals surface area contributed by atoms with E-state index in [9.17, 15) is 4.79 Å². The molecule has 1 heterocycles. The van der Waals surface area contributed by atoms with Crippen LogP contribution in [0.25, 0.3) is 0 Å². The third kappa shape index (κ3) is 3.68. The van der Waals surface area contributed by atoms with Crippen LogP contribution in [0.15, 0.2) is 0 Å². The predicted molar refractivity (Wildman–Crippen MR) is 70.8 cm³/mol. The second-order valence-corrected chi connectivity index (χ2v) is 5.29. The third-order valence-electron chi connectivity index (χ3n) is 4.19. The van der Waals surface area contributed by atoms with Gasteiger partial charge in [-0.05, 0) is 59.2 Å². The van der Waals surface area contributed by atoms with Crippen LogP contribution in [-0.2, 0) is 4.79 Å². The van der Waals surface area contributed by atoms with E-state index in [1.54, 1.807) is 7.05 Å². The van der Waals surface area contributed by atoms with Crippen molar-refractivity contribution in [2.45, 2.75) is 57.5 Å². The number of amides is 1. The van der Waals surface area contributed by atoms with Crippen molar-refractivity contribution in [3.05, 3.63) is 0 Å². The van der Waals surface area contributed by atoms with Crippen molar-refractivity contribution in [1.82, 2.24) is 10.2 Å². The fraction of sp³-hybridized carbons (Fsp3) is 0.923. The molecule has 1 fully saturated rings. The van der Waals surface area contributed by atoms with E-state index in [1.165, 1.54) is 25.8 Å². The lowest BCUT2D eigenvalue weighted by molar-refractivity contribution is -0.123. The Balaban J connectivity index is 2.34. The highest BCUT2D eigenvalue weighted by Gasteiger charge is 2.29. The second-order valence-electron chi connectivity index (χ2n) is 5.29. The number of hydrogen-bond donors (Lipinski definition) is 2. The van der Waals surface area contributed by atoms with Crippen LogP contribution in [0, 0.1) is 0 Å². The van der Waals surface area contributed by atoms with Gasteiger partial charge < -0.3 is 16.0 Å². The number of rotatable bonds is 7. The predicted octanol–water partition coefficient (Wildman–Crippen LogP) is 1.10. The number of carbonyl (C=O) groups excluding carboxylic acids is 1. The maximum atomic E-state index is 11.3. The molecule has 2 unspecified atom stereocenters. The van der Waals surface area contributed by atoms with E-state index in [0.717, 1.165) is 25.4 Å². The summed E-state index contributed by atoms with van der Waals surface area (Å²) in [7, 11) is 1.80. The van der Waals surface area contributed by atoms with Gasteiger partial charge in [-0.3, -0.25) is 4.79 Å². The standard InChI is InChI=1S/C13H27N3O/c1-4-11-7-5-9-16(11)10-6-8-13(2,15-3)12(14)17/h11,15H,4-10H2,1-3H3,(H2,14,17). The lowest BCUT2D eigenvalue weighted by Crippen LogP contribution is -2.51. The van der Waals surface area contributed by atoms with Gasteiger partial charge in [-0.25, -0.2) is 0 Å². The summed E-state index contributed by atoms with van der Waals surface area (Å²) < 4.78 is 0. The Morgan fingerprint density at radius 3 is 2.82 bits per heavy atom. The van der Waals surface area contributed by atoms with Crippen LogP contribution in [0.1, 0.15) is 46.0 Å². The maximum absolute atomic E-state index is 11.3. The summed E-state index contributed by atoms with van der Waals surface area (Å²) in [6.07, 6.45) is 5.72. The Labute approximate surface area is 105 Å². The molecule has 4 nitrogen and oxygen atoms in total. The van der Waals surface area contributed by atoms with Crippen molar-refractivity contribution in [1.29, 1.82) is 0 Å². The summed E-state index contributed by atoms with van der Waals surface area (Å²) in [4.78, 5) is 13.9. The summed E-state index contributed by atoms with van der Waals surface area (Å²) in [5, 5.41) is 3.04. The Hall–Kier alpha value is -0.610. The lowest BCUT2D eigenvalue weighted by Gasteiger charge is -2.28. The van der Waals surface area contributed by atoms with Gasteiger partial charge in [0, 0.05) is 6.04 Å². The zero-order valence-electron chi connectivity index (χ0n) is 11.5. The van der Waals surface area contributed by atoms with E-state index in [0.29, 0.717) is 0 Å². The number of nitrogens with zero attached hydrogens (tertiary/aromatic N) is 1. The Bertz CT molecular complexity index is 257.